The van der Waals surface area contributed by atoms with E-state index in [0.29, 0.717) is 30.7 Å². The van der Waals surface area contributed by atoms with Crippen LogP contribution in [0.5, 0.6) is 0 Å². The van der Waals surface area contributed by atoms with Gasteiger partial charge in [-0.15, -0.1) is 11.8 Å². The fourth-order valence-corrected chi connectivity index (χ4v) is 6.59. The molecule has 16 heteroatoms. The molecule has 1 aromatic heterocycles. The highest BCUT2D eigenvalue weighted by Crippen LogP contribution is 2.41. The number of hydrogen-bond acceptors (Lipinski definition) is 12. The van der Waals surface area contributed by atoms with E-state index >= 15 is 0 Å². The van der Waals surface area contributed by atoms with Gasteiger partial charge in [-0.25, -0.2) is 4.79 Å². The second kappa shape index (κ2) is 10.1. The van der Waals surface area contributed by atoms with E-state index in [2.05, 4.69) is 25.1 Å². The lowest BCUT2D eigenvalue weighted by Crippen LogP contribution is -2.71. The number of anilines is 1. The number of β-lactam (4-membered cyclic amide) rings is 1. The standard InChI is InChI=1S/C21H24N8O6S2/c22-21-25-15(27-37-21)12(26-35)16(30)24-13-18(32)29-14(20(33)34)10(8-36-19(13)29)6-9-3-5-28(17(9)31)7-11-2-1-4-23-11/h6,11,13,19,23,35H,1-5,7-8H2,(H,24,30)(H,33,34)(H2,22,25,27)/b9-6+,26-12-/t11-,13+,19+/m0/s1. The number of nitrogens with two attached hydrogens (primary N) is 1. The Hall–Kier alpha value is -3.50. The van der Waals surface area contributed by atoms with Gasteiger partial charge >= 0.3 is 5.97 Å². The number of hydrogen-bond donors (Lipinski definition) is 5. The maximum atomic E-state index is 12.9. The summed E-state index contributed by atoms with van der Waals surface area (Å²) in [5.74, 6) is -2.91. The van der Waals surface area contributed by atoms with Crippen molar-refractivity contribution in [1.82, 2.24) is 29.8 Å². The number of nitrogens with zero attached hydrogens (tertiary/aromatic N) is 5. The van der Waals surface area contributed by atoms with Crippen molar-refractivity contribution >= 4 is 57.8 Å². The van der Waals surface area contributed by atoms with Gasteiger partial charge in [0, 0.05) is 42.0 Å². The number of amides is 3. The number of carboxylic acids is 1. The first kappa shape index (κ1) is 25.2. The number of nitrogens with one attached hydrogen (secondary N) is 2. The topological polar surface area (TPSA) is 203 Å². The van der Waals surface area contributed by atoms with Gasteiger partial charge in [0.1, 0.15) is 17.1 Å². The Morgan fingerprint density at radius 1 is 1.35 bits per heavy atom. The van der Waals surface area contributed by atoms with Crippen molar-refractivity contribution in [3.8, 4) is 0 Å². The van der Waals surface area contributed by atoms with Gasteiger partial charge in [0.05, 0.1) is 0 Å². The Bertz CT molecular complexity index is 1250. The Balaban J connectivity index is 1.30. The van der Waals surface area contributed by atoms with Crippen LogP contribution in [0.1, 0.15) is 25.1 Å². The van der Waals surface area contributed by atoms with Gasteiger partial charge in [-0.1, -0.05) is 5.16 Å². The van der Waals surface area contributed by atoms with Crippen LogP contribution in [-0.2, 0) is 19.2 Å². The van der Waals surface area contributed by atoms with Crippen LogP contribution in [-0.4, -0.2) is 102 Å². The van der Waals surface area contributed by atoms with E-state index in [-0.39, 0.29) is 34.4 Å². The van der Waals surface area contributed by atoms with Crippen LogP contribution >= 0.6 is 23.3 Å². The molecule has 0 bridgehead atoms. The number of allylic oxidation sites excluding steroid dienone is 1. The number of oxime groups is 1. The second-order valence-electron chi connectivity index (χ2n) is 8.91. The third-order valence-electron chi connectivity index (χ3n) is 6.62. The van der Waals surface area contributed by atoms with Crippen molar-refractivity contribution in [3.63, 3.8) is 0 Å². The highest BCUT2D eigenvalue weighted by Gasteiger charge is 2.54. The maximum absolute atomic E-state index is 12.9. The van der Waals surface area contributed by atoms with Crippen molar-refractivity contribution in [2.45, 2.75) is 36.7 Å². The summed E-state index contributed by atoms with van der Waals surface area (Å²) in [5, 5.41) is 27.3. The lowest BCUT2D eigenvalue weighted by Gasteiger charge is -2.49. The molecule has 0 aromatic carbocycles. The molecule has 196 valence electrons. The van der Waals surface area contributed by atoms with Crippen molar-refractivity contribution in [2.24, 2.45) is 5.16 Å². The largest absolute Gasteiger partial charge is 0.477 e. The zero-order valence-electron chi connectivity index (χ0n) is 19.4. The van der Waals surface area contributed by atoms with Gasteiger partial charge in [0.2, 0.25) is 17.4 Å². The van der Waals surface area contributed by atoms with E-state index < -0.39 is 34.9 Å². The van der Waals surface area contributed by atoms with Gasteiger partial charge < -0.3 is 31.6 Å². The van der Waals surface area contributed by atoms with E-state index in [1.807, 2.05) is 0 Å². The van der Waals surface area contributed by atoms with Gasteiger partial charge in [0.15, 0.2) is 5.13 Å². The highest BCUT2D eigenvalue weighted by molar-refractivity contribution is 8.00. The van der Waals surface area contributed by atoms with E-state index in [1.54, 1.807) is 11.0 Å². The SMILES string of the molecule is Nc1nc(/C(=N/O)C(=O)N[C@@H]2C(=O)N3C(C(=O)O)=C(/C=C4\CCN(C[C@@H]5CCCN5)C4=O)CS[C@H]23)ns1. The summed E-state index contributed by atoms with van der Waals surface area (Å²) in [6.45, 7) is 2.13. The number of fused-ring (bicyclic) bond motifs is 1. The number of rotatable bonds is 7. The van der Waals surface area contributed by atoms with Crippen LogP contribution in [0.4, 0.5) is 5.13 Å². The second-order valence-corrected chi connectivity index (χ2v) is 10.8. The third-order valence-corrected chi connectivity index (χ3v) is 8.46. The molecule has 0 spiro atoms. The van der Waals surface area contributed by atoms with E-state index in [4.69, 9.17) is 5.73 Å². The number of aliphatic carboxylic acids is 1. The highest BCUT2D eigenvalue weighted by atomic mass is 32.2. The lowest BCUT2D eigenvalue weighted by molar-refractivity contribution is -0.150. The normalized spacial score (nSPS) is 27.1. The maximum Gasteiger partial charge on any atom is 0.352 e. The summed E-state index contributed by atoms with van der Waals surface area (Å²) < 4.78 is 3.82. The Morgan fingerprint density at radius 3 is 2.81 bits per heavy atom. The molecule has 37 heavy (non-hydrogen) atoms. The fourth-order valence-electron chi connectivity index (χ4n) is 4.85. The molecule has 6 N–H and O–H groups in total. The molecule has 0 aliphatic carbocycles. The number of carboxylic acid groups (broad SMARTS) is 1. The molecule has 3 atom stereocenters. The zero-order valence-corrected chi connectivity index (χ0v) is 21.0. The zero-order chi connectivity index (χ0) is 26.3. The van der Waals surface area contributed by atoms with Crippen LogP contribution in [0.2, 0.25) is 0 Å². The Morgan fingerprint density at radius 2 is 2.16 bits per heavy atom. The summed E-state index contributed by atoms with van der Waals surface area (Å²) >= 11 is 2.07. The minimum absolute atomic E-state index is 0.0645. The summed E-state index contributed by atoms with van der Waals surface area (Å²) in [6.07, 6.45) is 4.19. The number of nitrogen functional groups attached to an aromatic ring is 1. The molecule has 4 aliphatic rings. The monoisotopic (exact) mass is 548 g/mol. The number of likely N-dealkylation sites (tertiary alicyclic amines) is 1. The molecule has 3 amide bonds. The molecule has 3 fully saturated rings. The molecule has 0 radical (unpaired) electrons. The van der Waals surface area contributed by atoms with E-state index in [1.165, 1.54) is 11.8 Å². The Kier molecular flexibility index (Phi) is 6.87. The molecule has 14 nitrogen and oxygen atoms in total. The minimum atomic E-state index is -1.30. The van der Waals surface area contributed by atoms with Crippen LogP contribution in [0.3, 0.4) is 0 Å². The van der Waals surface area contributed by atoms with Gasteiger partial charge in [-0.05, 0) is 37.5 Å². The quantitative estimate of drug-likeness (QED) is 0.0914. The molecule has 5 rings (SSSR count). The molecular formula is C21H24N8O6S2. The minimum Gasteiger partial charge on any atom is -0.477 e. The first-order chi connectivity index (χ1) is 17.8. The average Bonchev–Trinajstić information content (AvgIpc) is 3.62. The van der Waals surface area contributed by atoms with E-state index in [0.717, 1.165) is 35.8 Å². The molecule has 5 heterocycles. The molecule has 3 saturated heterocycles. The summed E-state index contributed by atoms with van der Waals surface area (Å²) in [6, 6.07) is -0.773. The van der Waals surface area contributed by atoms with Crippen LogP contribution in [0.15, 0.2) is 28.1 Å². The number of carbonyl (C=O) groups excluding carboxylic acids is 3. The number of aromatic nitrogens is 2. The summed E-state index contributed by atoms with van der Waals surface area (Å²) in [4.78, 5) is 57.3. The summed E-state index contributed by atoms with van der Waals surface area (Å²) in [7, 11) is 0. The van der Waals surface area contributed by atoms with Crippen LogP contribution in [0.25, 0.3) is 0 Å². The van der Waals surface area contributed by atoms with Crippen molar-refractivity contribution in [2.75, 3.05) is 31.1 Å². The smallest absolute Gasteiger partial charge is 0.352 e. The molecule has 0 saturated carbocycles. The third kappa shape index (κ3) is 4.67. The van der Waals surface area contributed by atoms with Gasteiger partial charge in [0.25, 0.3) is 11.8 Å². The van der Waals surface area contributed by atoms with Crippen molar-refractivity contribution in [3.05, 3.63) is 28.7 Å². The molecule has 4 aliphatic heterocycles. The Labute approximate surface area is 218 Å². The van der Waals surface area contributed by atoms with Crippen molar-refractivity contribution < 1.29 is 29.5 Å². The molecular weight excluding hydrogens is 524 g/mol. The fraction of sp³-hybridized carbons (Fsp3) is 0.476. The number of thioether (sulfide) groups is 1. The van der Waals surface area contributed by atoms with Gasteiger partial charge in [-0.2, -0.15) is 9.36 Å². The molecule has 1 aromatic rings. The molecule has 0 unspecified atom stereocenters. The first-order valence-electron chi connectivity index (χ1n) is 11.5. The predicted molar refractivity (Wildman–Crippen MR) is 133 cm³/mol. The van der Waals surface area contributed by atoms with Crippen LogP contribution < -0.4 is 16.4 Å². The lowest BCUT2D eigenvalue weighted by atomic mass is 10.0. The van der Waals surface area contributed by atoms with E-state index in [9.17, 15) is 29.5 Å². The van der Waals surface area contributed by atoms with Crippen molar-refractivity contribution in [1.29, 1.82) is 0 Å². The average molecular weight is 549 g/mol. The predicted octanol–water partition coefficient (Wildman–Crippen LogP) is -1.05. The first-order valence-corrected chi connectivity index (χ1v) is 13.4. The van der Waals surface area contributed by atoms with Crippen LogP contribution in [0, 0.1) is 0 Å². The van der Waals surface area contributed by atoms with Gasteiger partial charge in [-0.3, -0.25) is 19.3 Å². The number of carbonyl (C=O) groups is 4. The summed E-state index contributed by atoms with van der Waals surface area (Å²) in [5.41, 5.74) is 5.67.